The molecule has 0 aliphatic carbocycles. The highest BCUT2D eigenvalue weighted by molar-refractivity contribution is 9.10. The van der Waals surface area contributed by atoms with Gasteiger partial charge in [-0.1, -0.05) is 57.5 Å². The van der Waals surface area contributed by atoms with Crippen LogP contribution in [0.4, 0.5) is 0 Å². The maximum Gasteiger partial charge on any atom is 0.244 e. The minimum Gasteiger partial charge on any atom is -0.493 e. The number of hydrogen-bond acceptors (Lipinski definition) is 5. The molecule has 0 unspecified atom stereocenters. The molecule has 1 amide bonds. The molecule has 0 aliphatic heterocycles. The second kappa shape index (κ2) is 11.3. The van der Waals surface area contributed by atoms with Gasteiger partial charge in [-0.2, -0.15) is 0 Å². The van der Waals surface area contributed by atoms with Gasteiger partial charge < -0.3 is 14.8 Å². The van der Waals surface area contributed by atoms with E-state index < -0.39 is 0 Å². The molecule has 1 N–H and O–H groups in total. The number of aromatic nitrogens is 3. The van der Waals surface area contributed by atoms with E-state index >= 15 is 0 Å². The Labute approximate surface area is 206 Å². The van der Waals surface area contributed by atoms with Gasteiger partial charge in [0.05, 0.1) is 19.0 Å². The Hall–Kier alpha value is -3.91. The summed E-state index contributed by atoms with van der Waals surface area (Å²) in [5, 5.41) is 11.2. The molecular weight excluding hydrogens is 496 g/mol. The number of halogens is 1. The summed E-state index contributed by atoms with van der Waals surface area (Å²) in [7, 11) is 1.58. The van der Waals surface area contributed by atoms with Crippen LogP contribution in [0.2, 0.25) is 0 Å². The van der Waals surface area contributed by atoms with Gasteiger partial charge in [0, 0.05) is 17.1 Å². The molecule has 0 saturated carbocycles. The van der Waals surface area contributed by atoms with E-state index in [-0.39, 0.29) is 12.5 Å². The van der Waals surface area contributed by atoms with Gasteiger partial charge in [-0.25, -0.2) is 4.68 Å². The molecule has 4 aromatic rings. The van der Waals surface area contributed by atoms with Crippen LogP contribution in [0.3, 0.4) is 0 Å². The van der Waals surface area contributed by atoms with Crippen LogP contribution in [0.5, 0.6) is 11.5 Å². The fourth-order valence-electron chi connectivity index (χ4n) is 3.16. The van der Waals surface area contributed by atoms with E-state index in [1.165, 1.54) is 6.08 Å². The second-order valence-electron chi connectivity index (χ2n) is 7.37. The number of nitrogens with zero attached hydrogens (tertiary/aromatic N) is 3. The highest BCUT2D eigenvalue weighted by Gasteiger charge is 2.09. The zero-order valence-corrected chi connectivity index (χ0v) is 20.1. The summed E-state index contributed by atoms with van der Waals surface area (Å²) in [6.07, 6.45) is 5.12. The first-order valence-corrected chi connectivity index (χ1v) is 11.4. The van der Waals surface area contributed by atoms with E-state index in [9.17, 15) is 4.79 Å². The molecule has 1 heterocycles. The average Bonchev–Trinajstić information content (AvgIpc) is 3.35. The van der Waals surface area contributed by atoms with Crippen molar-refractivity contribution < 1.29 is 14.3 Å². The molecule has 7 nitrogen and oxygen atoms in total. The number of carbonyl (C=O) groups excluding carboxylic acids is 1. The van der Waals surface area contributed by atoms with Crippen molar-refractivity contribution in [1.82, 2.24) is 20.3 Å². The molecule has 0 saturated heterocycles. The molecule has 1 aromatic heterocycles. The Morgan fingerprint density at radius 1 is 1.06 bits per heavy atom. The van der Waals surface area contributed by atoms with Crippen LogP contribution >= 0.6 is 15.9 Å². The smallest absolute Gasteiger partial charge is 0.244 e. The summed E-state index contributed by atoms with van der Waals surface area (Å²) in [4.78, 5) is 12.1. The minimum absolute atomic E-state index is 0.169. The Kier molecular flexibility index (Phi) is 7.72. The van der Waals surface area contributed by atoms with Gasteiger partial charge in [0.15, 0.2) is 11.5 Å². The van der Waals surface area contributed by atoms with E-state index in [0.29, 0.717) is 23.7 Å². The zero-order chi connectivity index (χ0) is 23.8. The molecule has 0 spiro atoms. The van der Waals surface area contributed by atoms with Gasteiger partial charge >= 0.3 is 0 Å². The molecular formula is C26H23BrN4O3. The fraction of sp³-hybridized carbons (Fsp3) is 0.115. The van der Waals surface area contributed by atoms with E-state index in [1.807, 2.05) is 79.0 Å². The van der Waals surface area contributed by atoms with Gasteiger partial charge in [-0.05, 0) is 53.6 Å². The first-order chi connectivity index (χ1) is 16.6. The average molecular weight is 519 g/mol. The van der Waals surface area contributed by atoms with Gasteiger partial charge in [0.2, 0.25) is 5.91 Å². The number of benzene rings is 3. The first-order valence-electron chi connectivity index (χ1n) is 10.6. The highest BCUT2D eigenvalue weighted by atomic mass is 79.9. The SMILES string of the molecule is COc1cc(CNC(=O)/C=C/c2ccccc2)ccc1OCc1cn(-c2ccc(Br)cc2)nn1. The maximum atomic E-state index is 12.1. The largest absolute Gasteiger partial charge is 0.493 e. The van der Waals surface area contributed by atoms with Crippen LogP contribution in [-0.2, 0) is 17.9 Å². The summed E-state index contributed by atoms with van der Waals surface area (Å²) in [5.41, 5.74) is 3.46. The third kappa shape index (κ3) is 6.32. The van der Waals surface area contributed by atoms with Crippen molar-refractivity contribution in [3.63, 3.8) is 0 Å². The standard InChI is InChI=1S/C26H23BrN4O3/c1-33-25-15-20(16-28-26(32)14-8-19-5-3-2-4-6-19)7-13-24(25)34-18-22-17-31(30-29-22)23-11-9-21(27)10-12-23/h2-15,17H,16,18H2,1H3,(H,28,32)/b14-8+. The Balaban J connectivity index is 1.33. The van der Waals surface area contributed by atoms with Gasteiger partial charge in [-0.3, -0.25) is 4.79 Å². The summed E-state index contributed by atoms with van der Waals surface area (Å²) < 4.78 is 14.1. The number of rotatable bonds is 9. The topological polar surface area (TPSA) is 78.3 Å². The normalized spacial score (nSPS) is 10.9. The predicted octanol–water partition coefficient (Wildman–Crippen LogP) is 4.95. The summed E-state index contributed by atoms with van der Waals surface area (Å²) in [6, 6.07) is 23.0. The number of amides is 1. The fourth-order valence-corrected chi connectivity index (χ4v) is 3.43. The van der Waals surface area contributed by atoms with Crippen LogP contribution in [-0.4, -0.2) is 28.0 Å². The predicted molar refractivity (Wildman–Crippen MR) is 134 cm³/mol. The van der Waals surface area contributed by atoms with Crippen molar-refractivity contribution in [1.29, 1.82) is 0 Å². The minimum atomic E-state index is -0.169. The second-order valence-corrected chi connectivity index (χ2v) is 8.28. The number of ether oxygens (including phenoxy) is 2. The molecule has 0 fully saturated rings. The lowest BCUT2D eigenvalue weighted by Crippen LogP contribution is -2.20. The number of hydrogen-bond donors (Lipinski definition) is 1. The number of carbonyl (C=O) groups is 1. The van der Waals surface area contributed by atoms with Crippen molar-refractivity contribution in [2.24, 2.45) is 0 Å². The summed E-state index contributed by atoms with van der Waals surface area (Å²) >= 11 is 3.42. The number of methoxy groups -OCH3 is 1. The highest BCUT2D eigenvalue weighted by Crippen LogP contribution is 2.28. The van der Waals surface area contributed by atoms with Gasteiger partial charge in [-0.15, -0.1) is 5.10 Å². The van der Waals surface area contributed by atoms with Crippen molar-refractivity contribution in [2.75, 3.05) is 7.11 Å². The molecule has 0 aliphatic rings. The van der Waals surface area contributed by atoms with Gasteiger partial charge in [0.25, 0.3) is 0 Å². The molecule has 8 heteroatoms. The monoisotopic (exact) mass is 518 g/mol. The lowest BCUT2D eigenvalue weighted by molar-refractivity contribution is -0.116. The molecule has 0 atom stereocenters. The van der Waals surface area contributed by atoms with Crippen LogP contribution in [0, 0.1) is 0 Å². The van der Waals surface area contributed by atoms with Crippen LogP contribution in [0.25, 0.3) is 11.8 Å². The maximum absolute atomic E-state index is 12.1. The summed E-state index contributed by atoms with van der Waals surface area (Å²) in [6.45, 7) is 0.614. The van der Waals surface area contributed by atoms with Crippen molar-refractivity contribution in [2.45, 2.75) is 13.2 Å². The Morgan fingerprint density at radius 3 is 2.62 bits per heavy atom. The first kappa shape index (κ1) is 23.3. The Bertz CT molecular complexity index is 1270. The van der Waals surface area contributed by atoms with E-state index in [4.69, 9.17) is 9.47 Å². The third-order valence-corrected chi connectivity index (χ3v) is 5.46. The van der Waals surface area contributed by atoms with Crippen LogP contribution in [0.1, 0.15) is 16.8 Å². The molecule has 172 valence electrons. The zero-order valence-electron chi connectivity index (χ0n) is 18.5. The van der Waals surface area contributed by atoms with Gasteiger partial charge in [0.1, 0.15) is 12.3 Å². The molecule has 4 rings (SSSR count). The lowest BCUT2D eigenvalue weighted by Gasteiger charge is -2.11. The molecule has 0 radical (unpaired) electrons. The van der Waals surface area contributed by atoms with E-state index in [0.717, 1.165) is 21.3 Å². The summed E-state index contributed by atoms with van der Waals surface area (Å²) in [5.74, 6) is 0.989. The lowest BCUT2D eigenvalue weighted by atomic mass is 10.2. The van der Waals surface area contributed by atoms with E-state index in [1.54, 1.807) is 17.9 Å². The van der Waals surface area contributed by atoms with Crippen molar-refractivity contribution in [3.8, 4) is 17.2 Å². The van der Waals surface area contributed by atoms with Crippen LogP contribution in [0.15, 0.2) is 89.5 Å². The van der Waals surface area contributed by atoms with Crippen molar-refractivity contribution >= 4 is 27.9 Å². The quantitative estimate of drug-likeness (QED) is 0.317. The van der Waals surface area contributed by atoms with E-state index in [2.05, 4.69) is 31.6 Å². The van der Waals surface area contributed by atoms with Crippen LogP contribution < -0.4 is 14.8 Å². The molecule has 34 heavy (non-hydrogen) atoms. The molecule has 3 aromatic carbocycles. The number of nitrogens with one attached hydrogen (secondary N) is 1. The third-order valence-electron chi connectivity index (χ3n) is 4.93. The molecule has 0 bridgehead atoms. The Morgan fingerprint density at radius 2 is 1.85 bits per heavy atom. The van der Waals surface area contributed by atoms with Crippen molar-refractivity contribution in [3.05, 3.63) is 106 Å².